The normalized spacial score (nSPS) is 19.6. The van der Waals surface area contributed by atoms with Crippen LogP contribution in [0.5, 0.6) is 0 Å². The molecule has 0 spiro atoms. The first-order chi connectivity index (χ1) is 9.82. The average Bonchev–Trinajstić information content (AvgIpc) is 2.88. The van der Waals surface area contributed by atoms with Crippen LogP contribution in [0.15, 0.2) is 6.20 Å². The van der Waals surface area contributed by atoms with Gasteiger partial charge in [-0.3, -0.25) is 0 Å². The minimum atomic E-state index is 0.371. The second-order valence-electron chi connectivity index (χ2n) is 7.54. The number of anilines is 1. The van der Waals surface area contributed by atoms with Gasteiger partial charge in [-0.25, -0.2) is 9.97 Å². The number of nitrogens with zero attached hydrogens (tertiary/aromatic N) is 3. The van der Waals surface area contributed by atoms with Crippen LogP contribution in [-0.2, 0) is 6.54 Å². The van der Waals surface area contributed by atoms with Gasteiger partial charge in [0.2, 0.25) is 0 Å². The molecular formula is C17H30N4. The highest BCUT2D eigenvalue weighted by Gasteiger charge is 2.32. The van der Waals surface area contributed by atoms with Gasteiger partial charge >= 0.3 is 0 Å². The van der Waals surface area contributed by atoms with Crippen LogP contribution in [-0.4, -0.2) is 30.1 Å². The zero-order chi connectivity index (χ0) is 15.6. The molecular weight excluding hydrogens is 260 g/mol. The van der Waals surface area contributed by atoms with E-state index in [4.69, 9.17) is 4.98 Å². The second-order valence-corrected chi connectivity index (χ2v) is 7.54. The fourth-order valence-corrected chi connectivity index (χ4v) is 2.95. The van der Waals surface area contributed by atoms with Gasteiger partial charge in [0.15, 0.2) is 0 Å². The Labute approximate surface area is 129 Å². The summed E-state index contributed by atoms with van der Waals surface area (Å²) in [6.07, 6.45) is 3.29. The summed E-state index contributed by atoms with van der Waals surface area (Å²) in [6, 6.07) is 0. The van der Waals surface area contributed by atoms with E-state index in [1.807, 2.05) is 13.2 Å². The standard InChI is InChI=1S/C17H30N4/c1-12(2)16-19-10-15(14(20-16)9-18-6)21-8-7-13(11-21)17(3,4)5/h10,12-13,18H,7-9,11H2,1-6H3. The highest BCUT2D eigenvalue weighted by Crippen LogP contribution is 2.36. The topological polar surface area (TPSA) is 41.1 Å². The molecule has 21 heavy (non-hydrogen) atoms. The zero-order valence-corrected chi connectivity index (χ0v) is 14.4. The molecule has 4 nitrogen and oxygen atoms in total. The molecule has 0 saturated carbocycles. The van der Waals surface area contributed by atoms with Crippen molar-refractivity contribution in [1.82, 2.24) is 15.3 Å². The molecule has 1 atom stereocenters. The third-order valence-corrected chi connectivity index (χ3v) is 4.48. The Balaban J connectivity index is 2.23. The molecule has 0 amide bonds. The number of hydrogen-bond donors (Lipinski definition) is 1. The van der Waals surface area contributed by atoms with E-state index in [0.29, 0.717) is 11.3 Å². The SMILES string of the molecule is CNCc1nc(C(C)C)ncc1N1CCC(C(C)(C)C)C1. The number of hydrogen-bond acceptors (Lipinski definition) is 4. The molecule has 118 valence electrons. The summed E-state index contributed by atoms with van der Waals surface area (Å²) in [7, 11) is 1.98. The smallest absolute Gasteiger partial charge is 0.131 e. The summed E-state index contributed by atoms with van der Waals surface area (Å²) in [6.45, 7) is 14.3. The molecule has 4 heteroatoms. The Hall–Kier alpha value is -1.16. The zero-order valence-electron chi connectivity index (χ0n) is 14.4. The quantitative estimate of drug-likeness (QED) is 0.924. The lowest BCUT2D eigenvalue weighted by atomic mass is 9.80. The summed E-state index contributed by atoms with van der Waals surface area (Å²) in [5.41, 5.74) is 2.71. The predicted molar refractivity (Wildman–Crippen MR) is 88.7 cm³/mol. The number of aromatic nitrogens is 2. The van der Waals surface area contributed by atoms with E-state index in [2.05, 4.69) is 49.8 Å². The van der Waals surface area contributed by atoms with Gasteiger partial charge in [0, 0.05) is 25.6 Å². The summed E-state index contributed by atoms with van der Waals surface area (Å²) in [5.74, 6) is 2.05. The molecule has 1 aliphatic rings. The van der Waals surface area contributed by atoms with Gasteiger partial charge in [-0.15, -0.1) is 0 Å². The predicted octanol–water partition coefficient (Wildman–Crippen LogP) is 3.19. The molecule has 1 saturated heterocycles. The summed E-state index contributed by atoms with van der Waals surface area (Å²) >= 11 is 0. The maximum absolute atomic E-state index is 4.78. The minimum Gasteiger partial charge on any atom is -0.368 e. The van der Waals surface area contributed by atoms with Crippen LogP contribution in [0.1, 0.15) is 58.5 Å². The molecule has 1 fully saturated rings. The molecule has 0 aromatic carbocycles. The van der Waals surface area contributed by atoms with Gasteiger partial charge in [-0.05, 0) is 24.8 Å². The van der Waals surface area contributed by atoms with Gasteiger partial charge in [0.25, 0.3) is 0 Å². The molecule has 2 rings (SSSR count). The molecule has 1 aromatic rings. The molecule has 0 aliphatic carbocycles. The third kappa shape index (κ3) is 3.73. The molecule has 1 unspecified atom stereocenters. The van der Waals surface area contributed by atoms with E-state index in [1.165, 1.54) is 12.1 Å². The number of nitrogens with one attached hydrogen (secondary N) is 1. The van der Waals surface area contributed by atoms with Gasteiger partial charge in [-0.1, -0.05) is 34.6 Å². The second kappa shape index (κ2) is 6.30. The van der Waals surface area contributed by atoms with Crippen LogP contribution in [0.4, 0.5) is 5.69 Å². The van der Waals surface area contributed by atoms with Crippen LogP contribution in [0, 0.1) is 11.3 Å². The van der Waals surface area contributed by atoms with E-state index < -0.39 is 0 Å². The highest BCUT2D eigenvalue weighted by atomic mass is 15.2. The first-order valence-electron chi connectivity index (χ1n) is 8.08. The third-order valence-electron chi connectivity index (χ3n) is 4.48. The Morgan fingerprint density at radius 1 is 1.38 bits per heavy atom. The van der Waals surface area contributed by atoms with Crippen molar-refractivity contribution in [3.63, 3.8) is 0 Å². The molecule has 0 bridgehead atoms. The van der Waals surface area contributed by atoms with Crippen molar-refractivity contribution in [3.8, 4) is 0 Å². The monoisotopic (exact) mass is 290 g/mol. The van der Waals surface area contributed by atoms with Gasteiger partial charge in [0.1, 0.15) is 5.82 Å². The van der Waals surface area contributed by atoms with Crippen LogP contribution in [0.25, 0.3) is 0 Å². The fraction of sp³-hybridized carbons (Fsp3) is 0.765. The van der Waals surface area contributed by atoms with Crippen molar-refractivity contribution in [2.24, 2.45) is 11.3 Å². The summed E-state index contributed by atoms with van der Waals surface area (Å²) in [5, 5.41) is 3.24. The first-order valence-corrected chi connectivity index (χ1v) is 8.08. The lowest BCUT2D eigenvalue weighted by Gasteiger charge is -2.28. The highest BCUT2D eigenvalue weighted by molar-refractivity contribution is 5.50. The lowest BCUT2D eigenvalue weighted by Crippen LogP contribution is -2.27. The van der Waals surface area contributed by atoms with Crippen LogP contribution < -0.4 is 10.2 Å². The van der Waals surface area contributed by atoms with Crippen LogP contribution in [0.2, 0.25) is 0 Å². The Morgan fingerprint density at radius 3 is 2.62 bits per heavy atom. The lowest BCUT2D eigenvalue weighted by molar-refractivity contribution is 0.263. The van der Waals surface area contributed by atoms with Crippen molar-refractivity contribution < 1.29 is 0 Å². The van der Waals surface area contributed by atoms with E-state index in [1.54, 1.807) is 0 Å². The average molecular weight is 290 g/mol. The fourth-order valence-electron chi connectivity index (χ4n) is 2.95. The maximum Gasteiger partial charge on any atom is 0.131 e. The molecule has 0 radical (unpaired) electrons. The van der Waals surface area contributed by atoms with Crippen molar-refractivity contribution in [3.05, 3.63) is 17.7 Å². The Kier molecular flexibility index (Phi) is 4.87. The largest absolute Gasteiger partial charge is 0.368 e. The Bertz CT molecular complexity index is 476. The maximum atomic E-state index is 4.78. The van der Waals surface area contributed by atoms with E-state index in [0.717, 1.165) is 37.1 Å². The molecule has 1 N–H and O–H groups in total. The first kappa shape index (κ1) is 16.2. The molecule has 1 aliphatic heterocycles. The van der Waals surface area contributed by atoms with Crippen molar-refractivity contribution in [1.29, 1.82) is 0 Å². The van der Waals surface area contributed by atoms with Crippen molar-refractivity contribution in [2.45, 2.75) is 53.5 Å². The molecule has 1 aromatic heterocycles. The van der Waals surface area contributed by atoms with Crippen molar-refractivity contribution in [2.75, 3.05) is 25.0 Å². The van der Waals surface area contributed by atoms with Crippen molar-refractivity contribution >= 4 is 5.69 Å². The van der Waals surface area contributed by atoms with Gasteiger partial charge in [0.05, 0.1) is 17.6 Å². The van der Waals surface area contributed by atoms with Gasteiger partial charge < -0.3 is 10.2 Å². The van der Waals surface area contributed by atoms with Gasteiger partial charge in [-0.2, -0.15) is 0 Å². The summed E-state index contributed by atoms with van der Waals surface area (Å²) < 4.78 is 0. The number of rotatable bonds is 4. The molecule has 2 heterocycles. The Morgan fingerprint density at radius 2 is 2.10 bits per heavy atom. The van der Waals surface area contributed by atoms with E-state index in [-0.39, 0.29) is 0 Å². The van der Waals surface area contributed by atoms with Crippen LogP contribution in [0.3, 0.4) is 0 Å². The minimum absolute atomic E-state index is 0.371. The van der Waals surface area contributed by atoms with Crippen LogP contribution >= 0.6 is 0 Å². The van der Waals surface area contributed by atoms with E-state index in [9.17, 15) is 0 Å². The summed E-state index contributed by atoms with van der Waals surface area (Å²) in [4.78, 5) is 11.8. The van der Waals surface area contributed by atoms with E-state index >= 15 is 0 Å².